The van der Waals surface area contributed by atoms with Crippen LogP contribution in [0.5, 0.6) is 0 Å². The van der Waals surface area contributed by atoms with E-state index in [2.05, 4.69) is 11.9 Å². The smallest absolute Gasteiger partial charge is 0.267 e. The molecule has 2 aromatic carbocycles. The van der Waals surface area contributed by atoms with Gasteiger partial charge in [0.1, 0.15) is 6.10 Å². The maximum absolute atomic E-state index is 12.8. The van der Waals surface area contributed by atoms with Gasteiger partial charge in [-0.25, -0.2) is 0 Å². The Labute approximate surface area is 205 Å². The van der Waals surface area contributed by atoms with Gasteiger partial charge in [-0.1, -0.05) is 80.4 Å². The van der Waals surface area contributed by atoms with E-state index in [1.807, 2.05) is 67.6 Å². The van der Waals surface area contributed by atoms with Gasteiger partial charge < -0.3 is 0 Å². The maximum atomic E-state index is 12.8. The van der Waals surface area contributed by atoms with Crippen LogP contribution in [0.2, 0.25) is 0 Å². The van der Waals surface area contributed by atoms with Gasteiger partial charge in [0.05, 0.1) is 5.75 Å². The molecule has 0 aromatic heterocycles. The first-order valence-corrected chi connectivity index (χ1v) is 13.2. The molecule has 1 aliphatic rings. The standard InChI is InChI=1S/C26H35NO4S.ClH/c1-3-4-18-32(29,30)31-26(22-14-9-6-10-15-22)20-24-17-11-16-23(27(24)2)19-25(28)21-12-7-5-8-13-21;/h5-10,12-15,23-24,26H,3-4,11,16-20H2,1-2H3;1H. The summed E-state index contributed by atoms with van der Waals surface area (Å²) in [6.07, 6.45) is 4.90. The number of rotatable bonds is 11. The summed E-state index contributed by atoms with van der Waals surface area (Å²) in [4.78, 5) is 15.0. The van der Waals surface area contributed by atoms with Gasteiger partial charge in [-0.2, -0.15) is 8.42 Å². The highest BCUT2D eigenvalue weighted by Crippen LogP contribution is 2.33. The lowest BCUT2D eigenvalue weighted by Crippen LogP contribution is -2.45. The van der Waals surface area contributed by atoms with Crippen LogP contribution in [0.1, 0.15) is 73.9 Å². The van der Waals surface area contributed by atoms with Crippen LogP contribution in [0, 0.1) is 0 Å². The van der Waals surface area contributed by atoms with Crippen LogP contribution >= 0.6 is 12.4 Å². The van der Waals surface area contributed by atoms with Gasteiger partial charge in [0.25, 0.3) is 10.1 Å². The average molecular weight is 494 g/mol. The van der Waals surface area contributed by atoms with Crippen molar-refractivity contribution in [3.05, 3.63) is 71.8 Å². The Morgan fingerprint density at radius 2 is 1.64 bits per heavy atom. The average Bonchev–Trinajstić information content (AvgIpc) is 2.81. The highest BCUT2D eigenvalue weighted by atomic mass is 35.5. The highest BCUT2D eigenvalue weighted by Gasteiger charge is 2.33. The van der Waals surface area contributed by atoms with E-state index in [1.165, 1.54) is 0 Å². The molecule has 0 radical (unpaired) electrons. The molecule has 3 atom stereocenters. The number of piperidine rings is 1. The molecule has 7 heteroatoms. The van der Waals surface area contributed by atoms with Crippen molar-refractivity contribution in [2.75, 3.05) is 12.8 Å². The predicted octanol–water partition coefficient (Wildman–Crippen LogP) is 5.81. The van der Waals surface area contributed by atoms with Crippen molar-refractivity contribution in [3.63, 3.8) is 0 Å². The molecule has 1 fully saturated rings. The topological polar surface area (TPSA) is 63.7 Å². The van der Waals surface area contributed by atoms with E-state index in [0.29, 0.717) is 19.3 Å². The maximum Gasteiger partial charge on any atom is 0.267 e. The van der Waals surface area contributed by atoms with Crippen LogP contribution in [0.25, 0.3) is 0 Å². The zero-order valence-corrected chi connectivity index (χ0v) is 21.2. The zero-order chi connectivity index (χ0) is 23.0. The number of ketones is 1. The van der Waals surface area contributed by atoms with Crippen molar-refractivity contribution in [2.45, 2.75) is 70.1 Å². The third-order valence-corrected chi connectivity index (χ3v) is 7.73. The van der Waals surface area contributed by atoms with Crippen molar-refractivity contribution in [1.29, 1.82) is 0 Å². The summed E-state index contributed by atoms with van der Waals surface area (Å²) in [7, 11) is -1.54. The fraction of sp³-hybridized carbons (Fsp3) is 0.500. The van der Waals surface area contributed by atoms with Gasteiger partial charge in [0.15, 0.2) is 5.78 Å². The molecule has 0 spiro atoms. The van der Waals surface area contributed by atoms with E-state index >= 15 is 0 Å². The quantitative estimate of drug-likeness (QED) is 0.292. The molecule has 0 bridgehead atoms. The van der Waals surface area contributed by atoms with E-state index in [0.717, 1.165) is 36.8 Å². The molecule has 1 heterocycles. The van der Waals surface area contributed by atoms with Gasteiger partial charge in [0.2, 0.25) is 0 Å². The number of hydrogen-bond donors (Lipinski definition) is 0. The van der Waals surface area contributed by atoms with E-state index in [1.54, 1.807) is 0 Å². The predicted molar refractivity (Wildman–Crippen MR) is 135 cm³/mol. The van der Waals surface area contributed by atoms with Crippen LogP contribution in [-0.4, -0.2) is 44.0 Å². The molecule has 0 N–H and O–H groups in total. The van der Waals surface area contributed by atoms with Crippen LogP contribution < -0.4 is 0 Å². The molecule has 5 nitrogen and oxygen atoms in total. The molecule has 3 rings (SSSR count). The number of carbonyl (C=O) groups excluding carboxylic acids is 1. The van der Waals surface area contributed by atoms with Gasteiger partial charge >= 0.3 is 0 Å². The highest BCUT2D eigenvalue weighted by molar-refractivity contribution is 7.86. The Kier molecular flexibility index (Phi) is 11.0. The third-order valence-electron chi connectivity index (χ3n) is 6.41. The summed E-state index contributed by atoms with van der Waals surface area (Å²) in [5.74, 6) is 0.197. The van der Waals surface area contributed by atoms with Gasteiger partial charge in [-0.05, 0) is 38.3 Å². The number of nitrogens with zero attached hydrogens (tertiary/aromatic N) is 1. The van der Waals surface area contributed by atoms with Gasteiger partial charge in [0, 0.05) is 24.1 Å². The number of unbranched alkanes of at least 4 members (excludes halogenated alkanes) is 1. The SMILES string of the molecule is CCCCS(=O)(=O)OC(CC1CCCC(CC(=O)c2ccccc2)N1C)c1ccccc1.Cl. The first-order valence-electron chi connectivity index (χ1n) is 11.7. The van der Waals surface area contributed by atoms with Gasteiger partial charge in [-0.15, -0.1) is 12.4 Å². The third kappa shape index (κ3) is 8.21. The fourth-order valence-corrected chi connectivity index (χ4v) is 5.75. The van der Waals surface area contributed by atoms with Crippen molar-refractivity contribution in [1.82, 2.24) is 4.90 Å². The largest absolute Gasteiger partial charge is 0.300 e. The summed E-state index contributed by atoms with van der Waals surface area (Å²) in [6.45, 7) is 1.97. The molecule has 0 amide bonds. The summed E-state index contributed by atoms with van der Waals surface area (Å²) in [5.41, 5.74) is 1.62. The van der Waals surface area contributed by atoms with Crippen molar-refractivity contribution < 1.29 is 17.4 Å². The fourth-order valence-electron chi connectivity index (χ4n) is 4.47. The normalized spacial score (nSPS) is 20.1. The summed E-state index contributed by atoms with van der Waals surface area (Å²) >= 11 is 0. The van der Waals surface area contributed by atoms with Crippen LogP contribution in [0.3, 0.4) is 0 Å². The molecular formula is C26H36ClNO4S. The summed E-state index contributed by atoms with van der Waals surface area (Å²) < 4.78 is 30.9. The molecule has 0 saturated carbocycles. The Bertz CT molecular complexity index is 953. The molecule has 33 heavy (non-hydrogen) atoms. The second-order valence-electron chi connectivity index (χ2n) is 8.74. The van der Waals surface area contributed by atoms with Crippen LogP contribution in [-0.2, 0) is 14.3 Å². The Morgan fingerprint density at radius 1 is 1.03 bits per heavy atom. The molecule has 3 unspecified atom stereocenters. The summed E-state index contributed by atoms with van der Waals surface area (Å²) in [6, 6.07) is 19.3. The number of Topliss-reactive ketones (excluding diaryl/α,β-unsaturated/α-hetero) is 1. The number of likely N-dealkylation sites (tertiary alicyclic amines) is 1. The monoisotopic (exact) mass is 493 g/mol. The Hall–Kier alpha value is -1.73. The lowest BCUT2D eigenvalue weighted by molar-refractivity contribution is 0.0626. The molecule has 1 saturated heterocycles. The van der Waals surface area contributed by atoms with E-state index in [9.17, 15) is 13.2 Å². The Morgan fingerprint density at radius 3 is 2.27 bits per heavy atom. The van der Waals surface area contributed by atoms with E-state index in [4.69, 9.17) is 4.18 Å². The van der Waals surface area contributed by atoms with Crippen LogP contribution in [0.4, 0.5) is 0 Å². The molecule has 1 aliphatic heterocycles. The Balaban J connectivity index is 0.00000385. The second-order valence-corrected chi connectivity index (χ2v) is 10.5. The van der Waals surface area contributed by atoms with Crippen molar-refractivity contribution >= 4 is 28.3 Å². The second kappa shape index (κ2) is 13.2. The van der Waals surface area contributed by atoms with Gasteiger partial charge in [-0.3, -0.25) is 13.9 Å². The minimum atomic E-state index is -3.60. The summed E-state index contributed by atoms with van der Waals surface area (Å²) in [5, 5.41) is 0. The lowest BCUT2D eigenvalue weighted by atomic mass is 9.88. The number of hydrogen-bond acceptors (Lipinski definition) is 5. The minimum absolute atomic E-state index is 0. The molecular weight excluding hydrogens is 458 g/mol. The number of carbonyl (C=O) groups is 1. The first-order chi connectivity index (χ1) is 15.4. The molecule has 2 aromatic rings. The first kappa shape index (κ1) is 27.5. The zero-order valence-electron chi connectivity index (χ0n) is 19.6. The lowest BCUT2D eigenvalue weighted by Gasteiger charge is -2.40. The van der Waals surface area contributed by atoms with Crippen molar-refractivity contribution in [3.8, 4) is 0 Å². The van der Waals surface area contributed by atoms with E-state index < -0.39 is 16.2 Å². The van der Waals surface area contributed by atoms with E-state index in [-0.39, 0.29) is 36.0 Å². The number of benzene rings is 2. The molecule has 0 aliphatic carbocycles. The minimum Gasteiger partial charge on any atom is -0.300 e. The number of halogens is 1. The van der Waals surface area contributed by atoms with Crippen LogP contribution in [0.15, 0.2) is 60.7 Å². The molecule has 182 valence electrons. The van der Waals surface area contributed by atoms with Crippen molar-refractivity contribution in [2.24, 2.45) is 0 Å².